The lowest BCUT2D eigenvalue weighted by Crippen LogP contribution is -2.60. The van der Waals surface area contributed by atoms with Gasteiger partial charge in [-0.05, 0) is 6.42 Å². The van der Waals surface area contributed by atoms with Gasteiger partial charge in [0.1, 0.15) is 24.4 Å². The quantitative estimate of drug-likeness (QED) is 0.277. The van der Waals surface area contributed by atoms with E-state index in [1.54, 1.807) is 0 Å². The molecule has 30 heavy (non-hydrogen) atoms. The van der Waals surface area contributed by atoms with Crippen LogP contribution in [0.15, 0.2) is 11.8 Å². The predicted octanol–water partition coefficient (Wildman–Crippen LogP) is -3.00. The molecule has 0 spiro atoms. The highest BCUT2D eigenvalue weighted by molar-refractivity contribution is 5.89. The van der Waals surface area contributed by atoms with E-state index in [1.807, 2.05) is 0 Å². The number of rotatable bonds is 5. The second-order valence-electron chi connectivity index (χ2n) is 7.44. The number of carbonyl (C=O) groups is 2. The molecule has 2 aliphatic heterocycles. The first kappa shape index (κ1) is 22.9. The summed E-state index contributed by atoms with van der Waals surface area (Å²) in [7, 11) is 2.34. The van der Waals surface area contributed by atoms with Crippen molar-refractivity contribution in [3.63, 3.8) is 0 Å². The Morgan fingerprint density at radius 3 is 2.37 bits per heavy atom. The van der Waals surface area contributed by atoms with Crippen molar-refractivity contribution in [2.24, 2.45) is 17.8 Å². The van der Waals surface area contributed by atoms with E-state index in [1.165, 1.54) is 7.11 Å². The van der Waals surface area contributed by atoms with E-state index in [9.17, 15) is 35.1 Å². The molecule has 0 bridgehead atoms. The van der Waals surface area contributed by atoms with Gasteiger partial charge in [0.2, 0.25) is 6.29 Å². The number of methoxy groups -OCH3 is 2. The van der Waals surface area contributed by atoms with Crippen molar-refractivity contribution in [3.8, 4) is 0 Å². The molecule has 2 heterocycles. The molecule has 0 aromatic rings. The molecule has 12 nitrogen and oxygen atoms in total. The second-order valence-corrected chi connectivity index (χ2v) is 7.44. The highest BCUT2D eigenvalue weighted by Crippen LogP contribution is 2.48. The SMILES string of the molecule is COC(=O)C1=CO[C@@H](O[C@@H]2O[C@H](CO)[C@@H](O)[C@H](O)[C@H]2O)[C@H]2[C@@H]1[C@@H](O)C[C@@H]2C(=O)OC. The topological polar surface area (TPSA) is 181 Å². The Labute approximate surface area is 171 Å². The van der Waals surface area contributed by atoms with Gasteiger partial charge in [0.15, 0.2) is 6.29 Å². The first-order chi connectivity index (χ1) is 14.2. The van der Waals surface area contributed by atoms with Crippen LogP contribution in [0.3, 0.4) is 0 Å². The number of carbonyl (C=O) groups excluding carboxylic acids is 2. The Balaban J connectivity index is 1.89. The minimum Gasteiger partial charge on any atom is -0.472 e. The molecule has 170 valence electrons. The minimum atomic E-state index is -1.70. The van der Waals surface area contributed by atoms with Gasteiger partial charge in [-0.2, -0.15) is 0 Å². The highest BCUT2D eigenvalue weighted by atomic mass is 16.8. The lowest BCUT2D eigenvalue weighted by molar-refractivity contribution is -0.342. The van der Waals surface area contributed by atoms with E-state index in [-0.39, 0.29) is 12.0 Å². The Morgan fingerprint density at radius 2 is 1.77 bits per heavy atom. The van der Waals surface area contributed by atoms with E-state index in [0.29, 0.717) is 0 Å². The van der Waals surface area contributed by atoms with Crippen molar-refractivity contribution >= 4 is 11.9 Å². The van der Waals surface area contributed by atoms with Crippen LogP contribution in [0.5, 0.6) is 0 Å². The summed E-state index contributed by atoms with van der Waals surface area (Å²) in [4.78, 5) is 24.4. The maximum absolute atomic E-state index is 12.3. The van der Waals surface area contributed by atoms with Crippen LogP contribution in [0, 0.1) is 17.8 Å². The zero-order valence-corrected chi connectivity index (χ0v) is 16.4. The Morgan fingerprint density at radius 1 is 1.07 bits per heavy atom. The van der Waals surface area contributed by atoms with Gasteiger partial charge in [-0.1, -0.05) is 0 Å². The molecule has 1 saturated heterocycles. The van der Waals surface area contributed by atoms with Gasteiger partial charge in [-0.15, -0.1) is 0 Å². The summed E-state index contributed by atoms with van der Waals surface area (Å²) in [6.45, 7) is -0.654. The first-order valence-electron chi connectivity index (χ1n) is 9.40. The maximum Gasteiger partial charge on any atom is 0.337 e. The van der Waals surface area contributed by atoms with E-state index < -0.39 is 79.4 Å². The molecule has 0 aromatic carbocycles. The summed E-state index contributed by atoms with van der Waals surface area (Å²) in [5, 5.41) is 49.9. The average Bonchev–Trinajstić information content (AvgIpc) is 3.10. The van der Waals surface area contributed by atoms with Gasteiger partial charge < -0.3 is 49.2 Å². The number of fused-ring (bicyclic) bond motifs is 1. The van der Waals surface area contributed by atoms with Crippen molar-refractivity contribution in [2.75, 3.05) is 20.8 Å². The fourth-order valence-corrected chi connectivity index (χ4v) is 4.30. The van der Waals surface area contributed by atoms with Gasteiger partial charge in [-0.3, -0.25) is 4.79 Å². The number of esters is 2. The molecule has 3 rings (SSSR count). The van der Waals surface area contributed by atoms with Crippen molar-refractivity contribution in [1.82, 2.24) is 0 Å². The molecule has 1 saturated carbocycles. The van der Waals surface area contributed by atoms with Crippen LogP contribution >= 0.6 is 0 Å². The normalized spacial score (nSPS) is 43.2. The fourth-order valence-electron chi connectivity index (χ4n) is 4.30. The lowest BCUT2D eigenvalue weighted by atomic mass is 9.82. The number of aliphatic hydroxyl groups is 5. The van der Waals surface area contributed by atoms with E-state index in [0.717, 1.165) is 13.4 Å². The third kappa shape index (κ3) is 3.91. The monoisotopic (exact) mass is 434 g/mol. The van der Waals surface area contributed by atoms with Gasteiger partial charge in [-0.25, -0.2) is 4.79 Å². The number of hydrogen-bond acceptors (Lipinski definition) is 12. The third-order valence-electron chi connectivity index (χ3n) is 5.83. The first-order valence-corrected chi connectivity index (χ1v) is 9.40. The van der Waals surface area contributed by atoms with Crippen LogP contribution < -0.4 is 0 Å². The summed E-state index contributed by atoms with van der Waals surface area (Å²) < 4.78 is 26.0. The molecule has 3 aliphatic rings. The average molecular weight is 434 g/mol. The van der Waals surface area contributed by atoms with Crippen LogP contribution in [0.2, 0.25) is 0 Å². The molecule has 12 heteroatoms. The Hall–Kier alpha value is -1.80. The Kier molecular flexibility index (Phi) is 6.97. The molecule has 2 fully saturated rings. The summed E-state index contributed by atoms with van der Waals surface area (Å²) in [5.41, 5.74) is 0.00931. The van der Waals surface area contributed by atoms with E-state index in [2.05, 4.69) is 0 Å². The van der Waals surface area contributed by atoms with Crippen molar-refractivity contribution in [3.05, 3.63) is 11.8 Å². The predicted molar refractivity (Wildman–Crippen MR) is 92.9 cm³/mol. The van der Waals surface area contributed by atoms with Gasteiger partial charge in [0.25, 0.3) is 0 Å². The van der Waals surface area contributed by atoms with Crippen LogP contribution in [0.4, 0.5) is 0 Å². The van der Waals surface area contributed by atoms with E-state index in [4.69, 9.17) is 23.7 Å². The standard InChI is InChI=1S/C18H26O12/c1-26-15(24)6-3-8(20)10-7(16(25)27-2)5-28-17(11(6)10)30-18-14(23)13(22)12(21)9(4-19)29-18/h5-6,8-14,17-23H,3-4H2,1-2H3/t6-,8-,9+,10-,11+,12+,13-,14+,17-,18-/m0/s1. The summed E-state index contributed by atoms with van der Waals surface area (Å²) in [6.07, 6.45) is -9.06. The zero-order chi connectivity index (χ0) is 22.2. The second kappa shape index (κ2) is 9.14. The molecule has 0 aromatic heterocycles. The van der Waals surface area contributed by atoms with Crippen LogP contribution in [-0.2, 0) is 33.3 Å². The lowest BCUT2D eigenvalue weighted by Gasteiger charge is -2.43. The summed E-state index contributed by atoms with van der Waals surface area (Å²) in [5.74, 6) is -4.10. The molecule has 0 unspecified atom stereocenters. The molecule has 1 aliphatic carbocycles. The minimum absolute atomic E-state index is 0.00931. The van der Waals surface area contributed by atoms with Crippen LogP contribution in [-0.4, -0.2) is 101 Å². The molecule has 0 amide bonds. The number of ether oxygens (including phenoxy) is 5. The largest absolute Gasteiger partial charge is 0.472 e. The summed E-state index contributed by atoms with van der Waals surface area (Å²) >= 11 is 0. The smallest absolute Gasteiger partial charge is 0.337 e. The van der Waals surface area contributed by atoms with Gasteiger partial charge in [0, 0.05) is 11.8 Å². The fraction of sp³-hybridized carbons (Fsp3) is 0.778. The highest BCUT2D eigenvalue weighted by Gasteiger charge is 2.57. The third-order valence-corrected chi connectivity index (χ3v) is 5.83. The van der Waals surface area contributed by atoms with Crippen molar-refractivity contribution < 1.29 is 58.8 Å². The van der Waals surface area contributed by atoms with Crippen LogP contribution in [0.25, 0.3) is 0 Å². The molecule has 0 radical (unpaired) electrons. The molecule has 5 N–H and O–H groups in total. The van der Waals surface area contributed by atoms with Gasteiger partial charge in [0.05, 0.1) is 44.7 Å². The molecule has 10 atom stereocenters. The molecular formula is C18H26O12. The maximum atomic E-state index is 12.3. The number of hydrogen-bond donors (Lipinski definition) is 5. The van der Waals surface area contributed by atoms with Crippen molar-refractivity contribution in [2.45, 2.75) is 49.5 Å². The number of aliphatic hydroxyl groups excluding tert-OH is 5. The van der Waals surface area contributed by atoms with Gasteiger partial charge >= 0.3 is 11.9 Å². The van der Waals surface area contributed by atoms with Crippen LogP contribution in [0.1, 0.15) is 6.42 Å². The van der Waals surface area contributed by atoms with E-state index >= 15 is 0 Å². The Bertz CT molecular complexity index is 678. The molecular weight excluding hydrogens is 408 g/mol. The summed E-state index contributed by atoms with van der Waals surface area (Å²) in [6, 6.07) is 0. The zero-order valence-electron chi connectivity index (χ0n) is 16.4. The van der Waals surface area contributed by atoms with Crippen molar-refractivity contribution in [1.29, 1.82) is 0 Å².